The number of nitrogens with one attached hydrogen (secondary N) is 1. The van der Waals surface area contributed by atoms with Crippen molar-refractivity contribution in [1.29, 1.82) is 0 Å². The Kier molecular flexibility index (Phi) is 5.40. The molecule has 0 saturated carbocycles. The molecular formula is C15H12Cl3NO3. The second kappa shape index (κ2) is 7.09. The van der Waals surface area contributed by atoms with Crippen LogP contribution in [-0.2, 0) is 0 Å². The number of methoxy groups -OCH3 is 2. The molecule has 22 heavy (non-hydrogen) atoms. The molecule has 0 aliphatic carbocycles. The number of hydrogen-bond acceptors (Lipinski definition) is 3. The van der Waals surface area contributed by atoms with E-state index in [1.807, 2.05) is 0 Å². The van der Waals surface area contributed by atoms with Gasteiger partial charge in [0.15, 0.2) is 5.75 Å². The Morgan fingerprint density at radius 2 is 1.59 bits per heavy atom. The number of amides is 1. The number of anilines is 1. The van der Waals surface area contributed by atoms with Crippen molar-refractivity contribution in [2.75, 3.05) is 19.5 Å². The Labute approximate surface area is 142 Å². The van der Waals surface area contributed by atoms with E-state index in [0.717, 1.165) is 0 Å². The fraction of sp³-hybridized carbons (Fsp3) is 0.133. The Morgan fingerprint density at radius 3 is 2.09 bits per heavy atom. The first-order valence-electron chi connectivity index (χ1n) is 6.14. The molecule has 0 aliphatic heterocycles. The van der Waals surface area contributed by atoms with Gasteiger partial charge in [-0.25, -0.2) is 0 Å². The van der Waals surface area contributed by atoms with E-state index < -0.39 is 0 Å². The normalized spacial score (nSPS) is 10.2. The minimum absolute atomic E-state index is 0.257. The van der Waals surface area contributed by atoms with E-state index in [0.29, 0.717) is 27.8 Å². The minimum Gasteiger partial charge on any atom is -0.495 e. The lowest BCUT2D eigenvalue weighted by molar-refractivity contribution is 0.102. The Hall–Kier alpha value is -1.62. The smallest absolute Gasteiger partial charge is 0.255 e. The highest BCUT2D eigenvalue weighted by molar-refractivity contribution is 6.38. The maximum absolute atomic E-state index is 12.2. The lowest BCUT2D eigenvalue weighted by Gasteiger charge is -2.10. The molecule has 0 saturated heterocycles. The van der Waals surface area contributed by atoms with Crippen LogP contribution >= 0.6 is 34.8 Å². The zero-order valence-corrected chi connectivity index (χ0v) is 14.0. The highest BCUT2D eigenvalue weighted by Crippen LogP contribution is 2.34. The third-order valence-corrected chi connectivity index (χ3v) is 3.73. The van der Waals surface area contributed by atoms with Crippen LogP contribution < -0.4 is 14.8 Å². The molecule has 2 aromatic rings. The topological polar surface area (TPSA) is 47.6 Å². The molecule has 4 nitrogen and oxygen atoms in total. The van der Waals surface area contributed by atoms with Crippen LogP contribution in [0.2, 0.25) is 15.1 Å². The highest BCUT2D eigenvalue weighted by Gasteiger charge is 2.14. The van der Waals surface area contributed by atoms with E-state index in [4.69, 9.17) is 44.3 Å². The van der Waals surface area contributed by atoms with Crippen molar-refractivity contribution in [3.8, 4) is 11.5 Å². The average molecular weight is 361 g/mol. The first-order valence-corrected chi connectivity index (χ1v) is 7.27. The van der Waals surface area contributed by atoms with E-state index in [9.17, 15) is 4.79 Å². The van der Waals surface area contributed by atoms with E-state index in [1.54, 1.807) is 18.2 Å². The molecule has 0 aromatic heterocycles. The molecule has 0 radical (unpaired) electrons. The first-order chi connectivity index (χ1) is 10.5. The van der Waals surface area contributed by atoms with Crippen molar-refractivity contribution >= 4 is 46.4 Å². The number of hydrogen-bond donors (Lipinski definition) is 1. The van der Waals surface area contributed by atoms with Gasteiger partial charge in [0.25, 0.3) is 5.91 Å². The lowest BCUT2D eigenvalue weighted by atomic mass is 10.2. The second-order valence-electron chi connectivity index (χ2n) is 4.28. The maximum Gasteiger partial charge on any atom is 0.255 e. The minimum atomic E-state index is -0.368. The van der Waals surface area contributed by atoms with Gasteiger partial charge in [-0.15, -0.1) is 0 Å². The summed E-state index contributed by atoms with van der Waals surface area (Å²) in [5.41, 5.74) is 0.835. The number of ether oxygens (including phenoxy) is 2. The van der Waals surface area contributed by atoms with Crippen molar-refractivity contribution in [3.63, 3.8) is 0 Å². The zero-order chi connectivity index (χ0) is 16.3. The van der Waals surface area contributed by atoms with E-state index >= 15 is 0 Å². The molecule has 0 unspecified atom stereocenters. The molecule has 2 aromatic carbocycles. The molecule has 0 bridgehead atoms. The van der Waals surface area contributed by atoms with Crippen LogP contribution in [0, 0.1) is 0 Å². The van der Waals surface area contributed by atoms with Gasteiger partial charge in [-0.3, -0.25) is 4.79 Å². The summed E-state index contributed by atoms with van der Waals surface area (Å²) in [6, 6.07) is 7.88. The van der Waals surface area contributed by atoms with E-state index in [-0.39, 0.29) is 16.0 Å². The zero-order valence-electron chi connectivity index (χ0n) is 11.7. The summed E-state index contributed by atoms with van der Waals surface area (Å²) in [5, 5.41) is 3.61. The lowest BCUT2D eigenvalue weighted by Crippen LogP contribution is -2.12. The first kappa shape index (κ1) is 16.7. The van der Waals surface area contributed by atoms with Gasteiger partial charge in [0.1, 0.15) is 5.75 Å². The van der Waals surface area contributed by atoms with Gasteiger partial charge in [-0.1, -0.05) is 34.8 Å². The Bertz CT molecular complexity index is 696. The number of carbonyl (C=O) groups excluding carboxylic acids is 1. The fourth-order valence-corrected chi connectivity index (χ4v) is 2.73. The number of carbonyl (C=O) groups is 1. The molecule has 7 heteroatoms. The predicted molar refractivity (Wildman–Crippen MR) is 89.0 cm³/mol. The van der Waals surface area contributed by atoms with E-state index in [2.05, 4.69) is 5.32 Å². The quantitative estimate of drug-likeness (QED) is 0.842. The maximum atomic E-state index is 12.2. The summed E-state index contributed by atoms with van der Waals surface area (Å²) >= 11 is 18.1. The predicted octanol–water partition coefficient (Wildman–Crippen LogP) is 4.92. The Morgan fingerprint density at radius 1 is 0.955 bits per heavy atom. The standard InChI is InChI=1S/C15H12Cl3NO3/c1-21-13-4-3-9(7-10(13)16)19-15(20)8-5-11(17)14(22-2)12(18)6-8/h3-7H,1-2H3,(H,19,20). The van der Waals surface area contributed by atoms with Crippen molar-refractivity contribution in [1.82, 2.24) is 0 Å². The van der Waals surface area contributed by atoms with Gasteiger partial charge in [0.05, 0.1) is 29.3 Å². The van der Waals surface area contributed by atoms with Crippen LogP contribution in [0.15, 0.2) is 30.3 Å². The summed E-state index contributed by atoms with van der Waals surface area (Å²) in [6.07, 6.45) is 0. The summed E-state index contributed by atoms with van der Waals surface area (Å²) in [4.78, 5) is 12.2. The van der Waals surface area contributed by atoms with Crippen LogP contribution in [0.4, 0.5) is 5.69 Å². The second-order valence-corrected chi connectivity index (χ2v) is 5.50. The molecule has 0 spiro atoms. The van der Waals surface area contributed by atoms with E-state index in [1.165, 1.54) is 26.4 Å². The molecule has 1 amide bonds. The monoisotopic (exact) mass is 359 g/mol. The summed E-state index contributed by atoms with van der Waals surface area (Å²) in [5.74, 6) is 0.482. The van der Waals surface area contributed by atoms with Crippen molar-refractivity contribution in [3.05, 3.63) is 51.0 Å². The van der Waals surface area contributed by atoms with Gasteiger partial charge in [0.2, 0.25) is 0 Å². The molecule has 1 N–H and O–H groups in total. The number of benzene rings is 2. The molecule has 0 atom stereocenters. The van der Waals surface area contributed by atoms with Gasteiger partial charge < -0.3 is 14.8 Å². The molecule has 0 aliphatic rings. The molecular weight excluding hydrogens is 349 g/mol. The fourth-order valence-electron chi connectivity index (χ4n) is 1.83. The van der Waals surface area contributed by atoms with Crippen LogP contribution in [-0.4, -0.2) is 20.1 Å². The number of rotatable bonds is 4. The van der Waals surface area contributed by atoms with Crippen molar-refractivity contribution < 1.29 is 14.3 Å². The summed E-state index contributed by atoms with van der Waals surface area (Å²) in [7, 11) is 2.97. The largest absolute Gasteiger partial charge is 0.495 e. The average Bonchev–Trinajstić information content (AvgIpc) is 2.47. The van der Waals surface area contributed by atoms with Crippen molar-refractivity contribution in [2.24, 2.45) is 0 Å². The van der Waals surface area contributed by atoms with Crippen LogP contribution in [0.5, 0.6) is 11.5 Å². The van der Waals surface area contributed by atoms with Crippen LogP contribution in [0.25, 0.3) is 0 Å². The van der Waals surface area contributed by atoms with Gasteiger partial charge in [0, 0.05) is 11.3 Å². The van der Waals surface area contributed by atoms with Gasteiger partial charge >= 0.3 is 0 Å². The third kappa shape index (κ3) is 3.58. The molecule has 0 fully saturated rings. The summed E-state index contributed by atoms with van der Waals surface area (Å²) in [6.45, 7) is 0. The molecule has 2 rings (SSSR count). The Balaban J connectivity index is 2.24. The summed E-state index contributed by atoms with van der Waals surface area (Å²) < 4.78 is 10.1. The SMILES string of the molecule is COc1ccc(NC(=O)c2cc(Cl)c(OC)c(Cl)c2)cc1Cl. The van der Waals surface area contributed by atoms with Crippen molar-refractivity contribution in [2.45, 2.75) is 0 Å². The van der Waals surface area contributed by atoms with Gasteiger partial charge in [-0.2, -0.15) is 0 Å². The molecule has 116 valence electrons. The number of halogens is 3. The van der Waals surface area contributed by atoms with Crippen LogP contribution in [0.1, 0.15) is 10.4 Å². The van der Waals surface area contributed by atoms with Crippen LogP contribution in [0.3, 0.4) is 0 Å². The third-order valence-electron chi connectivity index (χ3n) is 2.87. The van der Waals surface area contributed by atoms with Gasteiger partial charge in [-0.05, 0) is 30.3 Å². The molecule has 0 heterocycles. The highest BCUT2D eigenvalue weighted by atomic mass is 35.5.